The maximum absolute atomic E-state index is 11.6. The molecule has 0 aliphatic rings. The quantitative estimate of drug-likeness (QED) is 0.548. The van der Waals surface area contributed by atoms with Crippen molar-refractivity contribution in [2.24, 2.45) is 0 Å². The predicted octanol–water partition coefficient (Wildman–Crippen LogP) is 3.06. The lowest BCUT2D eigenvalue weighted by Crippen LogP contribution is -2.20. The van der Waals surface area contributed by atoms with Gasteiger partial charge in [-0.3, -0.25) is 4.79 Å². The number of carbonyl (C=O) groups is 2. The third kappa shape index (κ3) is 6.18. The van der Waals surface area contributed by atoms with Crippen LogP contribution < -0.4 is 5.32 Å². The van der Waals surface area contributed by atoms with Crippen LogP contribution in [0.2, 0.25) is 0 Å². The lowest BCUT2D eigenvalue weighted by molar-refractivity contribution is -0.121. The fraction of sp³-hybridized carbons (Fsp3) is 0.500. The van der Waals surface area contributed by atoms with Crippen molar-refractivity contribution in [2.75, 3.05) is 7.05 Å². The van der Waals surface area contributed by atoms with Crippen molar-refractivity contribution < 1.29 is 9.59 Å². The molecule has 1 amide bonds. The second kappa shape index (κ2) is 9.31. The van der Waals surface area contributed by atoms with Crippen molar-refractivity contribution in [1.29, 1.82) is 0 Å². The zero-order chi connectivity index (χ0) is 13.9. The van der Waals surface area contributed by atoms with Gasteiger partial charge in [-0.2, -0.15) is 0 Å². The van der Waals surface area contributed by atoms with Gasteiger partial charge in [0, 0.05) is 19.9 Å². The van der Waals surface area contributed by atoms with Crippen LogP contribution >= 0.6 is 0 Å². The third-order valence-corrected chi connectivity index (χ3v) is 3.36. The zero-order valence-electron chi connectivity index (χ0n) is 11.6. The van der Waals surface area contributed by atoms with E-state index in [4.69, 9.17) is 0 Å². The van der Waals surface area contributed by atoms with Gasteiger partial charge in [0.15, 0.2) is 0 Å². The Labute approximate surface area is 115 Å². The molecule has 0 aliphatic carbocycles. The maximum Gasteiger partial charge on any atom is 0.220 e. The fourth-order valence-corrected chi connectivity index (χ4v) is 2.23. The molecular weight excluding hydrogens is 238 g/mol. The summed E-state index contributed by atoms with van der Waals surface area (Å²) in [6.45, 7) is 0. The predicted molar refractivity (Wildman–Crippen MR) is 77.0 cm³/mol. The second-order valence-electron chi connectivity index (χ2n) is 4.79. The fourth-order valence-electron chi connectivity index (χ4n) is 2.23. The average molecular weight is 261 g/mol. The van der Waals surface area contributed by atoms with Gasteiger partial charge in [0.1, 0.15) is 6.29 Å². The third-order valence-electron chi connectivity index (χ3n) is 3.36. The highest BCUT2D eigenvalue weighted by molar-refractivity contribution is 5.76. The van der Waals surface area contributed by atoms with Crippen molar-refractivity contribution in [3.8, 4) is 0 Å². The van der Waals surface area contributed by atoms with Crippen molar-refractivity contribution in [1.82, 2.24) is 5.32 Å². The number of hydrogen-bond donors (Lipinski definition) is 1. The van der Waals surface area contributed by atoms with Crippen molar-refractivity contribution in [3.05, 3.63) is 35.9 Å². The minimum Gasteiger partial charge on any atom is -0.359 e. The van der Waals surface area contributed by atoms with Gasteiger partial charge in [-0.1, -0.05) is 43.2 Å². The number of amides is 1. The molecule has 0 aromatic heterocycles. The Morgan fingerprint density at radius 3 is 2.58 bits per heavy atom. The monoisotopic (exact) mass is 261 g/mol. The number of unbranched alkanes of at least 4 members (excludes halogenated alkanes) is 3. The summed E-state index contributed by atoms with van der Waals surface area (Å²) >= 11 is 0. The van der Waals surface area contributed by atoms with Gasteiger partial charge in [0.25, 0.3) is 0 Å². The molecule has 104 valence electrons. The Balaban J connectivity index is 2.50. The lowest BCUT2D eigenvalue weighted by atomic mass is 9.90. The molecule has 3 heteroatoms. The molecule has 0 saturated carbocycles. The molecule has 0 radical (unpaired) electrons. The minimum absolute atomic E-state index is 0.0849. The van der Waals surface area contributed by atoms with Crippen LogP contribution in [-0.2, 0) is 9.59 Å². The molecule has 0 saturated heterocycles. The Bertz CT molecular complexity index is 376. The number of nitrogens with one attached hydrogen (secondary N) is 1. The highest BCUT2D eigenvalue weighted by atomic mass is 16.1. The number of aldehydes is 1. The molecule has 0 heterocycles. The topological polar surface area (TPSA) is 46.2 Å². The molecule has 0 aliphatic heterocycles. The average Bonchev–Trinajstić information content (AvgIpc) is 2.46. The molecule has 3 nitrogen and oxygen atoms in total. The van der Waals surface area contributed by atoms with Gasteiger partial charge >= 0.3 is 0 Å². The SMILES string of the molecule is CNC(=O)C[C@@H](CCCCCC=O)c1ccccc1. The molecular formula is C16H23NO2. The number of rotatable bonds is 9. The number of hydrogen-bond acceptors (Lipinski definition) is 2. The minimum atomic E-state index is 0.0849. The molecule has 0 spiro atoms. The van der Waals surface area contributed by atoms with Gasteiger partial charge in [0.05, 0.1) is 0 Å². The molecule has 0 bridgehead atoms. The maximum atomic E-state index is 11.6. The first-order valence-corrected chi connectivity index (χ1v) is 6.97. The summed E-state index contributed by atoms with van der Waals surface area (Å²) < 4.78 is 0. The summed E-state index contributed by atoms with van der Waals surface area (Å²) in [6, 6.07) is 10.2. The summed E-state index contributed by atoms with van der Waals surface area (Å²) in [5.74, 6) is 0.360. The van der Waals surface area contributed by atoms with Crippen LogP contribution in [-0.4, -0.2) is 19.2 Å². The molecule has 0 unspecified atom stereocenters. The van der Waals surface area contributed by atoms with E-state index in [0.717, 1.165) is 32.0 Å². The first-order valence-electron chi connectivity index (χ1n) is 6.97. The van der Waals surface area contributed by atoms with Crippen molar-refractivity contribution in [3.63, 3.8) is 0 Å². The summed E-state index contributed by atoms with van der Waals surface area (Å²) in [5, 5.41) is 2.69. The molecule has 1 rings (SSSR count). The lowest BCUT2D eigenvalue weighted by Gasteiger charge is -2.16. The van der Waals surface area contributed by atoms with E-state index in [1.54, 1.807) is 7.05 Å². The second-order valence-corrected chi connectivity index (χ2v) is 4.79. The largest absolute Gasteiger partial charge is 0.359 e. The van der Waals surface area contributed by atoms with Gasteiger partial charge in [-0.25, -0.2) is 0 Å². The van der Waals surface area contributed by atoms with E-state index in [9.17, 15) is 9.59 Å². The summed E-state index contributed by atoms with van der Waals surface area (Å²) in [7, 11) is 1.68. The molecule has 19 heavy (non-hydrogen) atoms. The van der Waals surface area contributed by atoms with E-state index in [1.165, 1.54) is 5.56 Å². The van der Waals surface area contributed by atoms with E-state index < -0.39 is 0 Å². The van der Waals surface area contributed by atoms with Crippen LogP contribution in [0.25, 0.3) is 0 Å². The first-order chi connectivity index (χ1) is 9.27. The van der Waals surface area contributed by atoms with Crippen LogP contribution in [0.4, 0.5) is 0 Å². The zero-order valence-corrected chi connectivity index (χ0v) is 11.6. The standard InChI is InChI=1S/C16H23NO2/c1-17-16(19)13-15(11-5-2-3-8-12-18)14-9-6-4-7-10-14/h4,6-7,9-10,12,15H,2-3,5,8,11,13H2,1H3,(H,17,19)/t15-/m1/s1. The Morgan fingerprint density at radius 2 is 1.95 bits per heavy atom. The van der Waals surface area contributed by atoms with Crippen LogP contribution in [0.3, 0.4) is 0 Å². The van der Waals surface area contributed by atoms with Crippen LogP contribution in [0.1, 0.15) is 50.0 Å². The van der Waals surface area contributed by atoms with Gasteiger partial charge in [-0.05, 0) is 24.3 Å². The molecule has 1 aromatic carbocycles. The van der Waals surface area contributed by atoms with E-state index in [0.29, 0.717) is 12.8 Å². The van der Waals surface area contributed by atoms with Gasteiger partial charge in [0.2, 0.25) is 5.91 Å². The van der Waals surface area contributed by atoms with Crippen LogP contribution in [0.5, 0.6) is 0 Å². The summed E-state index contributed by atoms with van der Waals surface area (Å²) in [6.07, 6.45) is 6.21. The summed E-state index contributed by atoms with van der Waals surface area (Å²) in [5.41, 5.74) is 1.22. The number of benzene rings is 1. The Morgan fingerprint density at radius 1 is 1.21 bits per heavy atom. The first kappa shape index (κ1) is 15.4. The van der Waals surface area contributed by atoms with Crippen molar-refractivity contribution >= 4 is 12.2 Å². The highest BCUT2D eigenvalue weighted by Crippen LogP contribution is 2.25. The van der Waals surface area contributed by atoms with E-state index in [-0.39, 0.29) is 11.8 Å². The van der Waals surface area contributed by atoms with Crippen LogP contribution in [0, 0.1) is 0 Å². The molecule has 1 N–H and O–H groups in total. The van der Waals surface area contributed by atoms with Crippen molar-refractivity contribution in [2.45, 2.75) is 44.4 Å². The van der Waals surface area contributed by atoms with Gasteiger partial charge in [-0.15, -0.1) is 0 Å². The Hall–Kier alpha value is -1.64. The normalized spacial score (nSPS) is 11.8. The van der Waals surface area contributed by atoms with E-state index in [1.807, 2.05) is 18.2 Å². The number of carbonyl (C=O) groups excluding carboxylic acids is 2. The Kier molecular flexibility index (Phi) is 7.56. The summed E-state index contributed by atoms with van der Waals surface area (Å²) in [4.78, 5) is 21.8. The highest BCUT2D eigenvalue weighted by Gasteiger charge is 2.14. The molecule has 1 aromatic rings. The van der Waals surface area contributed by atoms with Crippen LogP contribution in [0.15, 0.2) is 30.3 Å². The van der Waals surface area contributed by atoms with Gasteiger partial charge < -0.3 is 10.1 Å². The van der Waals surface area contributed by atoms with E-state index in [2.05, 4.69) is 17.4 Å². The molecule has 0 fully saturated rings. The molecule has 1 atom stereocenters. The van der Waals surface area contributed by atoms with E-state index >= 15 is 0 Å². The smallest absolute Gasteiger partial charge is 0.220 e.